The molecule has 5 nitrogen and oxygen atoms in total. The Balaban J connectivity index is 1.61. The summed E-state index contributed by atoms with van der Waals surface area (Å²) in [5.74, 6) is 2.02. The maximum Gasteiger partial charge on any atom is 0.191 e. The Kier molecular flexibility index (Phi) is 5.51. The molecule has 0 amide bonds. The smallest absolute Gasteiger partial charge is 0.191 e. The second-order valence-corrected chi connectivity index (χ2v) is 7.35. The summed E-state index contributed by atoms with van der Waals surface area (Å²) in [5.41, 5.74) is 0. The zero-order valence-corrected chi connectivity index (χ0v) is 14.7. The molecule has 0 bridgehead atoms. The SMILES string of the molecule is CCn1c(SCCN2CCOC[C@H]2C)nnc1-c1cccs1. The van der Waals surface area contributed by atoms with Crippen molar-refractivity contribution in [2.75, 3.05) is 32.1 Å². The van der Waals surface area contributed by atoms with Gasteiger partial charge in [0.1, 0.15) is 0 Å². The van der Waals surface area contributed by atoms with Gasteiger partial charge in [-0.25, -0.2) is 0 Å². The van der Waals surface area contributed by atoms with Crippen LogP contribution in [0.3, 0.4) is 0 Å². The third-order valence-electron chi connectivity index (χ3n) is 3.89. The van der Waals surface area contributed by atoms with Gasteiger partial charge in [-0.05, 0) is 25.3 Å². The highest BCUT2D eigenvalue weighted by Gasteiger charge is 2.19. The second-order valence-electron chi connectivity index (χ2n) is 5.34. The lowest BCUT2D eigenvalue weighted by Gasteiger charge is -2.32. The van der Waals surface area contributed by atoms with Gasteiger partial charge in [-0.3, -0.25) is 4.90 Å². The van der Waals surface area contributed by atoms with Gasteiger partial charge in [-0.2, -0.15) is 0 Å². The summed E-state index contributed by atoms with van der Waals surface area (Å²) in [4.78, 5) is 3.67. The van der Waals surface area contributed by atoms with E-state index in [-0.39, 0.29) is 0 Å². The molecule has 0 spiro atoms. The Morgan fingerprint density at radius 3 is 3.09 bits per heavy atom. The van der Waals surface area contributed by atoms with Gasteiger partial charge in [0.25, 0.3) is 0 Å². The standard InChI is InChI=1S/C15H22N4OS2/c1-3-19-14(13-5-4-9-21-13)16-17-15(19)22-10-7-18-6-8-20-11-12(18)2/h4-5,9,12H,3,6-8,10-11H2,1-2H3/t12-/m1/s1. The summed E-state index contributed by atoms with van der Waals surface area (Å²) in [5, 5.41) is 11.9. The predicted molar refractivity (Wildman–Crippen MR) is 91.6 cm³/mol. The van der Waals surface area contributed by atoms with Crippen LogP contribution in [0.25, 0.3) is 10.7 Å². The summed E-state index contributed by atoms with van der Waals surface area (Å²) in [6, 6.07) is 4.67. The van der Waals surface area contributed by atoms with Crippen LogP contribution in [-0.4, -0.2) is 57.8 Å². The Bertz CT molecular complexity index is 584. The largest absolute Gasteiger partial charge is 0.379 e. The minimum absolute atomic E-state index is 0.514. The number of thioether (sulfide) groups is 1. The predicted octanol–water partition coefficient (Wildman–Crippen LogP) is 2.84. The number of morpholine rings is 1. The van der Waals surface area contributed by atoms with Gasteiger partial charge in [0.15, 0.2) is 11.0 Å². The van der Waals surface area contributed by atoms with E-state index in [1.807, 2.05) is 0 Å². The molecule has 7 heteroatoms. The first-order valence-electron chi connectivity index (χ1n) is 7.71. The van der Waals surface area contributed by atoms with E-state index in [0.29, 0.717) is 6.04 Å². The van der Waals surface area contributed by atoms with Crippen LogP contribution in [0, 0.1) is 0 Å². The highest BCUT2D eigenvalue weighted by Crippen LogP contribution is 2.27. The molecule has 2 aromatic rings. The minimum atomic E-state index is 0.514. The Hall–Kier alpha value is -0.890. The monoisotopic (exact) mass is 338 g/mol. The lowest BCUT2D eigenvalue weighted by atomic mass is 10.2. The van der Waals surface area contributed by atoms with Gasteiger partial charge >= 0.3 is 0 Å². The van der Waals surface area contributed by atoms with Crippen LogP contribution < -0.4 is 0 Å². The van der Waals surface area contributed by atoms with Crippen molar-refractivity contribution in [3.63, 3.8) is 0 Å². The van der Waals surface area contributed by atoms with Crippen molar-refractivity contribution in [1.29, 1.82) is 0 Å². The fraction of sp³-hybridized carbons (Fsp3) is 0.600. The molecule has 1 aliphatic rings. The third-order valence-corrected chi connectivity index (χ3v) is 5.70. The van der Waals surface area contributed by atoms with Crippen LogP contribution in [0.15, 0.2) is 22.7 Å². The molecule has 0 radical (unpaired) electrons. The average Bonchev–Trinajstić information content (AvgIpc) is 3.17. The van der Waals surface area contributed by atoms with Crippen LogP contribution in [-0.2, 0) is 11.3 Å². The first-order valence-corrected chi connectivity index (χ1v) is 9.57. The molecule has 1 fully saturated rings. The van der Waals surface area contributed by atoms with Gasteiger partial charge in [-0.1, -0.05) is 17.8 Å². The normalized spacial score (nSPS) is 19.6. The van der Waals surface area contributed by atoms with E-state index in [2.05, 4.69) is 51.0 Å². The van der Waals surface area contributed by atoms with Crippen molar-refractivity contribution in [2.45, 2.75) is 31.6 Å². The Morgan fingerprint density at radius 1 is 1.45 bits per heavy atom. The van der Waals surface area contributed by atoms with E-state index in [0.717, 1.165) is 49.6 Å². The zero-order valence-electron chi connectivity index (χ0n) is 13.1. The number of ether oxygens (including phenoxy) is 1. The van der Waals surface area contributed by atoms with Gasteiger partial charge in [0.05, 0.1) is 18.1 Å². The van der Waals surface area contributed by atoms with Crippen molar-refractivity contribution in [1.82, 2.24) is 19.7 Å². The van der Waals surface area contributed by atoms with E-state index >= 15 is 0 Å². The van der Waals surface area contributed by atoms with Gasteiger partial charge in [-0.15, -0.1) is 21.5 Å². The van der Waals surface area contributed by atoms with Crippen molar-refractivity contribution in [3.05, 3.63) is 17.5 Å². The lowest BCUT2D eigenvalue weighted by Crippen LogP contribution is -2.44. The Labute approximate surface area is 139 Å². The fourth-order valence-electron chi connectivity index (χ4n) is 2.62. The quantitative estimate of drug-likeness (QED) is 0.758. The number of thiophene rings is 1. The molecule has 0 N–H and O–H groups in total. The number of hydrogen-bond donors (Lipinski definition) is 0. The minimum Gasteiger partial charge on any atom is -0.379 e. The molecule has 22 heavy (non-hydrogen) atoms. The molecule has 0 unspecified atom stereocenters. The van der Waals surface area contributed by atoms with Crippen LogP contribution in [0.2, 0.25) is 0 Å². The highest BCUT2D eigenvalue weighted by atomic mass is 32.2. The summed E-state index contributed by atoms with van der Waals surface area (Å²) in [7, 11) is 0. The maximum absolute atomic E-state index is 5.48. The molecule has 3 heterocycles. The summed E-state index contributed by atoms with van der Waals surface area (Å²) in [6.07, 6.45) is 0. The van der Waals surface area contributed by atoms with Crippen LogP contribution >= 0.6 is 23.1 Å². The first kappa shape index (κ1) is 16.0. The molecule has 1 atom stereocenters. The lowest BCUT2D eigenvalue weighted by molar-refractivity contribution is 0.00298. The second kappa shape index (κ2) is 7.59. The molecular formula is C15H22N4OS2. The summed E-state index contributed by atoms with van der Waals surface area (Å²) >= 11 is 3.51. The average molecular weight is 339 g/mol. The van der Waals surface area contributed by atoms with E-state index in [1.54, 1.807) is 23.1 Å². The van der Waals surface area contributed by atoms with Crippen LogP contribution in [0.5, 0.6) is 0 Å². The molecule has 1 saturated heterocycles. The molecule has 1 aliphatic heterocycles. The molecule has 0 aromatic carbocycles. The molecule has 0 saturated carbocycles. The van der Waals surface area contributed by atoms with E-state index in [1.165, 1.54) is 4.88 Å². The topological polar surface area (TPSA) is 43.2 Å². The highest BCUT2D eigenvalue weighted by molar-refractivity contribution is 7.99. The maximum atomic E-state index is 5.48. The van der Waals surface area contributed by atoms with Crippen molar-refractivity contribution >= 4 is 23.1 Å². The molecule has 120 valence electrons. The van der Waals surface area contributed by atoms with Crippen molar-refractivity contribution in [3.8, 4) is 10.7 Å². The molecular weight excluding hydrogens is 316 g/mol. The number of nitrogens with zero attached hydrogens (tertiary/aromatic N) is 4. The fourth-order valence-corrected chi connectivity index (χ4v) is 4.31. The first-order chi connectivity index (χ1) is 10.8. The summed E-state index contributed by atoms with van der Waals surface area (Å²) < 4.78 is 7.69. The number of rotatable bonds is 6. The third kappa shape index (κ3) is 3.53. The van der Waals surface area contributed by atoms with E-state index in [9.17, 15) is 0 Å². The van der Waals surface area contributed by atoms with Crippen LogP contribution in [0.4, 0.5) is 0 Å². The molecule has 2 aromatic heterocycles. The van der Waals surface area contributed by atoms with Gasteiger partial charge < -0.3 is 9.30 Å². The van der Waals surface area contributed by atoms with E-state index in [4.69, 9.17) is 4.74 Å². The summed E-state index contributed by atoms with van der Waals surface area (Å²) in [6.45, 7) is 9.07. The van der Waals surface area contributed by atoms with Crippen LogP contribution in [0.1, 0.15) is 13.8 Å². The zero-order chi connectivity index (χ0) is 15.4. The van der Waals surface area contributed by atoms with Crippen molar-refractivity contribution in [2.24, 2.45) is 0 Å². The number of hydrogen-bond acceptors (Lipinski definition) is 6. The van der Waals surface area contributed by atoms with Gasteiger partial charge in [0.2, 0.25) is 0 Å². The molecule has 3 rings (SSSR count). The van der Waals surface area contributed by atoms with Gasteiger partial charge in [0, 0.05) is 31.4 Å². The van der Waals surface area contributed by atoms with Crippen molar-refractivity contribution < 1.29 is 4.74 Å². The molecule has 0 aliphatic carbocycles. The van der Waals surface area contributed by atoms with E-state index < -0.39 is 0 Å². The Morgan fingerprint density at radius 2 is 2.36 bits per heavy atom. The number of aromatic nitrogens is 3.